The van der Waals surface area contributed by atoms with Gasteiger partial charge in [0.05, 0.1) is 29.2 Å². The summed E-state index contributed by atoms with van der Waals surface area (Å²) in [6.07, 6.45) is 4.84. The number of benzene rings is 1. The van der Waals surface area contributed by atoms with Crippen molar-refractivity contribution in [1.82, 2.24) is 9.97 Å². The van der Waals surface area contributed by atoms with Crippen molar-refractivity contribution in [3.8, 4) is 11.5 Å². The van der Waals surface area contributed by atoms with Gasteiger partial charge in [-0.25, -0.2) is 4.98 Å². The number of pyridine rings is 2. The van der Waals surface area contributed by atoms with Gasteiger partial charge in [0.15, 0.2) is 5.76 Å². The molecule has 25 heavy (non-hydrogen) atoms. The Morgan fingerprint density at radius 3 is 2.80 bits per heavy atom. The Morgan fingerprint density at radius 1 is 1.12 bits per heavy atom. The zero-order chi connectivity index (χ0) is 17.2. The Hall–Kier alpha value is -2.99. The van der Waals surface area contributed by atoms with Crippen molar-refractivity contribution in [2.24, 2.45) is 0 Å². The van der Waals surface area contributed by atoms with Crippen molar-refractivity contribution in [1.29, 1.82) is 0 Å². The van der Waals surface area contributed by atoms with E-state index in [1.165, 1.54) is 0 Å². The molecule has 0 bridgehead atoms. The van der Waals surface area contributed by atoms with Crippen molar-refractivity contribution >= 4 is 38.4 Å². The van der Waals surface area contributed by atoms with E-state index in [1.807, 2.05) is 24.3 Å². The molecule has 4 rings (SSSR count). The molecule has 0 radical (unpaired) electrons. The van der Waals surface area contributed by atoms with Crippen molar-refractivity contribution in [3.63, 3.8) is 0 Å². The predicted molar refractivity (Wildman–Crippen MR) is 99.3 cm³/mol. The third-order valence-corrected chi connectivity index (χ3v) is 4.20. The molecule has 0 unspecified atom stereocenters. The number of anilines is 1. The summed E-state index contributed by atoms with van der Waals surface area (Å²) in [5.41, 5.74) is 2.47. The van der Waals surface area contributed by atoms with Crippen LogP contribution in [0.25, 0.3) is 22.4 Å². The van der Waals surface area contributed by atoms with Gasteiger partial charge in [0.25, 0.3) is 5.91 Å². The summed E-state index contributed by atoms with van der Waals surface area (Å²) in [4.78, 5) is 21.5. The van der Waals surface area contributed by atoms with E-state index in [0.29, 0.717) is 28.2 Å². The maximum Gasteiger partial charge on any atom is 0.256 e. The van der Waals surface area contributed by atoms with Gasteiger partial charge in [0.1, 0.15) is 5.69 Å². The van der Waals surface area contributed by atoms with Gasteiger partial charge < -0.3 is 9.73 Å². The minimum atomic E-state index is -0.230. The molecular formula is C19H12BrN3O2. The highest BCUT2D eigenvalue weighted by Crippen LogP contribution is 2.28. The van der Waals surface area contributed by atoms with E-state index in [2.05, 4.69) is 31.2 Å². The molecular weight excluding hydrogens is 382 g/mol. The maximum absolute atomic E-state index is 12.8. The number of fused-ring (bicyclic) bond motifs is 1. The normalized spacial score (nSPS) is 10.8. The van der Waals surface area contributed by atoms with Crippen LogP contribution in [0.3, 0.4) is 0 Å². The third kappa shape index (κ3) is 3.16. The molecule has 0 aliphatic carbocycles. The van der Waals surface area contributed by atoms with E-state index in [0.717, 1.165) is 9.86 Å². The Labute approximate surface area is 151 Å². The number of rotatable bonds is 3. The summed E-state index contributed by atoms with van der Waals surface area (Å²) in [5, 5.41) is 3.62. The molecule has 6 heteroatoms. The Morgan fingerprint density at radius 2 is 2.04 bits per heavy atom. The number of amides is 1. The van der Waals surface area contributed by atoms with Crippen LogP contribution >= 0.6 is 15.9 Å². The van der Waals surface area contributed by atoms with E-state index < -0.39 is 0 Å². The zero-order valence-corrected chi connectivity index (χ0v) is 14.5. The smallest absolute Gasteiger partial charge is 0.256 e. The van der Waals surface area contributed by atoms with Crippen LogP contribution in [0.15, 0.2) is 76.1 Å². The first-order chi connectivity index (χ1) is 12.2. The number of carbonyl (C=O) groups is 1. The number of aromatic nitrogens is 2. The van der Waals surface area contributed by atoms with E-state index in [9.17, 15) is 4.79 Å². The van der Waals surface area contributed by atoms with Gasteiger partial charge in [-0.1, -0.05) is 15.9 Å². The number of nitrogens with one attached hydrogen (secondary N) is 1. The first kappa shape index (κ1) is 15.5. The molecule has 1 amide bonds. The Bertz CT molecular complexity index is 1050. The number of halogens is 1. The van der Waals surface area contributed by atoms with E-state index >= 15 is 0 Å². The largest absolute Gasteiger partial charge is 0.463 e. The molecule has 5 nitrogen and oxygen atoms in total. The molecule has 0 saturated carbocycles. The lowest BCUT2D eigenvalue weighted by molar-refractivity contribution is 0.102. The van der Waals surface area contributed by atoms with Gasteiger partial charge in [-0.3, -0.25) is 9.78 Å². The second kappa shape index (κ2) is 6.49. The summed E-state index contributed by atoms with van der Waals surface area (Å²) in [5.74, 6) is 0.381. The highest BCUT2D eigenvalue weighted by Gasteiger charge is 2.16. The van der Waals surface area contributed by atoms with Gasteiger partial charge in [-0.05, 0) is 48.5 Å². The SMILES string of the molecule is O=C(Nc1cccnc1)c1cc(-c2ccco2)nc2ccc(Br)cc12. The number of nitrogens with zero attached hydrogens (tertiary/aromatic N) is 2. The fourth-order valence-electron chi connectivity index (χ4n) is 2.57. The van der Waals surface area contributed by atoms with Gasteiger partial charge in [-0.15, -0.1) is 0 Å². The monoisotopic (exact) mass is 393 g/mol. The molecule has 0 saturated heterocycles. The Kier molecular flexibility index (Phi) is 4.03. The summed E-state index contributed by atoms with van der Waals surface area (Å²) in [6, 6.07) is 14.5. The fraction of sp³-hybridized carbons (Fsp3) is 0. The van der Waals surface area contributed by atoms with Crippen molar-refractivity contribution < 1.29 is 9.21 Å². The molecule has 122 valence electrons. The highest BCUT2D eigenvalue weighted by atomic mass is 79.9. The summed E-state index contributed by atoms with van der Waals surface area (Å²) >= 11 is 3.45. The third-order valence-electron chi connectivity index (χ3n) is 3.71. The van der Waals surface area contributed by atoms with E-state index in [4.69, 9.17) is 4.42 Å². The van der Waals surface area contributed by atoms with Crippen LogP contribution in [0.4, 0.5) is 5.69 Å². The van der Waals surface area contributed by atoms with Gasteiger partial charge >= 0.3 is 0 Å². The number of hydrogen-bond acceptors (Lipinski definition) is 4. The minimum absolute atomic E-state index is 0.230. The predicted octanol–water partition coefficient (Wildman–Crippen LogP) is 4.90. The summed E-state index contributed by atoms with van der Waals surface area (Å²) in [6.45, 7) is 0. The van der Waals surface area contributed by atoms with Crippen molar-refractivity contribution in [2.45, 2.75) is 0 Å². The van der Waals surface area contributed by atoms with Gasteiger partial charge in [0.2, 0.25) is 0 Å². The fourth-order valence-corrected chi connectivity index (χ4v) is 2.93. The molecule has 1 N–H and O–H groups in total. The molecule has 1 aromatic carbocycles. The Balaban J connectivity index is 1.85. The van der Waals surface area contributed by atoms with Gasteiger partial charge in [-0.2, -0.15) is 0 Å². The van der Waals surface area contributed by atoms with Crippen LogP contribution in [0.2, 0.25) is 0 Å². The highest BCUT2D eigenvalue weighted by molar-refractivity contribution is 9.10. The molecule has 0 atom stereocenters. The van der Waals surface area contributed by atoms with E-state index in [-0.39, 0.29) is 5.91 Å². The molecule has 0 aliphatic rings. The summed E-state index contributed by atoms with van der Waals surface area (Å²) < 4.78 is 6.31. The van der Waals surface area contributed by atoms with Crippen LogP contribution in [0.5, 0.6) is 0 Å². The topological polar surface area (TPSA) is 68.0 Å². The van der Waals surface area contributed by atoms with Crippen LogP contribution in [-0.2, 0) is 0 Å². The van der Waals surface area contributed by atoms with Crippen LogP contribution in [-0.4, -0.2) is 15.9 Å². The first-order valence-electron chi connectivity index (χ1n) is 7.56. The minimum Gasteiger partial charge on any atom is -0.463 e. The molecule has 4 aromatic rings. The average Bonchev–Trinajstić information content (AvgIpc) is 3.16. The number of carbonyl (C=O) groups excluding carboxylic acids is 1. The molecule has 0 spiro atoms. The average molecular weight is 394 g/mol. The van der Waals surface area contributed by atoms with Crippen molar-refractivity contribution in [2.75, 3.05) is 5.32 Å². The van der Waals surface area contributed by atoms with Crippen LogP contribution in [0, 0.1) is 0 Å². The molecule has 3 aromatic heterocycles. The number of hydrogen-bond donors (Lipinski definition) is 1. The van der Waals surface area contributed by atoms with Crippen LogP contribution in [0.1, 0.15) is 10.4 Å². The maximum atomic E-state index is 12.8. The zero-order valence-electron chi connectivity index (χ0n) is 12.9. The van der Waals surface area contributed by atoms with Crippen molar-refractivity contribution in [3.05, 3.63) is 77.2 Å². The first-order valence-corrected chi connectivity index (χ1v) is 8.35. The van der Waals surface area contributed by atoms with E-state index in [1.54, 1.807) is 42.9 Å². The van der Waals surface area contributed by atoms with Crippen LogP contribution < -0.4 is 5.32 Å². The molecule has 3 heterocycles. The number of furan rings is 1. The summed E-state index contributed by atoms with van der Waals surface area (Å²) in [7, 11) is 0. The standard InChI is InChI=1S/C19H12BrN3O2/c20-12-5-6-16-14(9-12)15(10-17(23-16)18-4-2-8-25-18)19(24)22-13-3-1-7-21-11-13/h1-11H,(H,22,24). The lowest BCUT2D eigenvalue weighted by atomic mass is 10.1. The quantitative estimate of drug-likeness (QED) is 0.537. The molecule has 0 fully saturated rings. The lowest BCUT2D eigenvalue weighted by Crippen LogP contribution is -2.13. The molecule has 0 aliphatic heterocycles. The second-order valence-electron chi connectivity index (χ2n) is 5.39. The van der Waals surface area contributed by atoms with Gasteiger partial charge in [0, 0.05) is 16.1 Å². The lowest BCUT2D eigenvalue weighted by Gasteiger charge is -2.10. The second-order valence-corrected chi connectivity index (χ2v) is 6.31.